The Labute approximate surface area is 255 Å². The molecule has 4 heterocycles. The summed E-state index contributed by atoms with van der Waals surface area (Å²) in [5.74, 6) is 1.30. The van der Waals surface area contributed by atoms with Gasteiger partial charge in [-0.15, -0.1) is 0 Å². The van der Waals surface area contributed by atoms with Crippen molar-refractivity contribution in [3.63, 3.8) is 0 Å². The van der Waals surface area contributed by atoms with Gasteiger partial charge in [0.15, 0.2) is 0 Å². The van der Waals surface area contributed by atoms with Gasteiger partial charge < -0.3 is 25.0 Å². The van der Waals surface area contributed by atoms with Crippen LogP contribution in [0.2, 0.25) is 0 Å². The number of ether oxygens (including phenoxy) is 1. The molecule has 2 aromatic heterocycles. The molecule has 2 aliphatic rings. The second-order valence-electron chi connectivity index (χ2n) is 11.4. The zero-order chi connectivity index (χ0) is 31.3. The Kier molecular flexibility index (Phi) is 10.0. The Morgan fingerprint density at radius 1 is 1.07 bits per heavy atom. The van der Waals surface area contributed by atoms with Crippen LogP contribution in [0.1, 0.15) is 47.7 Å². The number of piperazine rings is 1. The molecule has 1 saturated heterocycles. The van der Waals surface area contributed by atoms with Crippen molar-refractivity contribution >= 4 is 11.7 Å². The van der Waals surface area contributed by atoms with Crippen LogP contribution in [-0.2, 0) is 30.5 Å². The number of nitrogens with one attached hydrogen (secondary N) is 1. The van der Waals surface area contributed by atoms with E-state index in [0.29, 0.717) is 36.0 Å². The standard InChI is InChI=1S/C32H39F3N6O3/c1-3-39-9-11-40(12-10-39)20-24-5-4-23(14-28(24)32(33,34)35)15-30(43)41-19-22(2)31-25(21-41)16-27(18-38-31)44-26-6-7-36-29(17-26)37-8-13-42/h4-7,14,16-18,22,42H,3,8-13,15,19-21H2,1-2H3,(H,36,37). The van der Waals surface area contributed by atoms with E-state index in [1.807, 2.05) is 13.0 Å². The smallest absolute Gasteiger partial charge is 0.416 e. The maximum atomic E-state index is 14.1. The van der Waals surface area contributed by atoms with Crippen molar-refractivity contribution in [3.05, 3.63) is 76.7 Å². The minimum atomic E-state index is -4.51. The van der Waals surface area contributed by atoms with Gasteiger partial charge in [0.1, 0.15) is 17.3 Å². The number of benzene rings is 1. The summed E-state index contributed by atoms with van der Waals surface area (Å²) in [7, 11) is 0. The Hall–Kier alpha value is -3.74. The summed E-state index contributed by atoms with van der Waals surface area (Å²) in [6, 6.07) is 9.58. The fourth-order valence-corrected chi connectivity index (χ4v) is 5.82. The summed E-state index contributed by atoms with van der Waals surface area (Å²) < 4.78 is 48.4. The minimum absolute atomic E-state index is 0.0271. The minimum Gasteiger partial charge on any atom is -0.456 e. The number of aromatic nitrogens is 2. The highest BCUT2D eigenvalue weighted by molar-refractivity contribution is 5.79. The Morgan fingerprint density at radius 2 is 1.84 bits per heavy atom. The van der Waals surface area contributed by atoms with Gasteiger partial charge in [0.25, 0.3) is 0 Å². The van der Waals surface area contributed by atoms with E-state index in [1.54, 1.807) is 35.5 Å². The molecule has 236 valence electrons. The first kappa shape index (κ1) is 31.7. The molecule has 0 saturated carbocycles. The maximum Gasteiger partial charge on any atom is 0.416 e. The van der Waals surface area contributed by atoms with E-state index in [9.17, 15) is 18.0 Å². The van der Waals surface area contributed by atoms with Gasteiger partial charge in [0.2, 0.25) is 5.91 Å². The van der Waals surface area contributed by atoms with E-state index in [1.165, 1.54) is 6.07 Å². The van der Waals surface area contributed by atoms with Crippen molar-refractivity contribution in [2.45, 2.75) is 45.5 Å². The summed E-state index contributed by atoms with van der Waals surface area (Å²) in [5.41, 5.74) is 1.61. The lowest BCUT2D eigenvalue weighted by molar-refractivity contribution is -0.138. The first-order chi connectivity index (χ1) is 21.1. The third kappa shape index (κ3) is 7.85. The first-order valence-electron chi connectivity index (χ1n) is 15.0. The number of aliphatic hydroxyl groups is 1. The van der Waals surface area contributed by atoms with Crippen molar-refractivity contribution in [2.75, 3.05) is 57.7 Å². The number of carbonyl (C=O) groups is 1. The third-order valence-corrected chi connectivity index (χ3v) is 8.18. The van der Waals surface area contributed by atoms with Crippen molar-refractivity contribution in [1.29, 1.82) is 0 Å². The molecule has 3 aromatic rings. The quantitative estimate of drug-likeness (QED) is 0.346. The lowest BCUT2D eigenvalue weighted by atomic mass is 9.95. The molecular formula is C32H39F3N6O3. The molecule has 44 heavy (non-hydrogen) atoms. The van der Waals surface area contributed by atoms with Crippen LogP contribution < -0.4 is 10.1 Å². The number of hydrogen-bond donors (Lipinski definition) is 2. The van der Waals surface area contributed by atoms with E-state index < -0.39 is 11.7 Å². The predicted octanol–water partition coefficient (Wildman–Crippen LogP) is 4.52. The van der Waals surface area contributed by atoms with E-state index in [0.717, 1.165) is 50.0 Å². The number of alkyl halides is 3. The number of halogens is 3. The maximum absolute atomic E-state index is 14.1. The predicted molar refractivity (Wildman–Crippen MR) is 160 cm³/mol. The van der Waals surface area contributed by atoms with Gasteiger partial charge >= 0.3 is 6.18 Å². The third-order valence-electron chi connectivity index (χ3n) is 8.18. The highest BCUT2D eigenvalue weighted by Crippen LogP contribution is 2.35. The van der Waals surface area contributed by atoms with Crippen LogP contribution in [0.25, 0.3) is 0 Å². The van der Waals surface area contributed by atoms with E-state index >= 15 is 0 Å². The van der Waals surface area contributed by atoms with Crippen molar-refractivity contribution in [2.24, 2.45) is 0 Å². The number of fused-ring (bicyclic) bond motifs is 1. The van der Waals surface area contributed by atoms with Crippen LogP contribution in [-0.4, -0.2) is 88.1 Å². The molecule has 1 atom stereocenters. The SMILES string of the molecule is CCN1CCN(Cc2ccc(CC(=O)N3Cc4cc(Oc5ccnc(NCCO)c5)cnc4C(C)C3)cc2C(F)(F)F)CC1. The second-order valence-corrected chi connectivity index (χ2v) is 11.4. The summed E-state index contributed by atoms with van der Waals surface area (Å²) in [5, 5.41) is 12.0. The van der Waals surface area contributed by atoms with Crippen LogP contribution in [0, 0.1) is 0 Å². The van der Waals surface area contributed by atoms with Gasteiger partial charge in [0, 0.05) is 70.5 Å². The Bertz CT molecular complexity index is 1440. The van der Waals surface area contributed by atoms with Crippen LogP contribution in [0.4, 0.5) is 19.0 Å². The molecule has 12 heteroatoms. The number of anilines is 1. The Morgan fingerprint density at radius 3 is 2.57 bits per heavy atom. The van der Waals surface area contributed by atoms with Crippen molar-refractivity contribution < 1.29 is 27.8 Å². The number of hydrogen-bond acceptors (Lipinski definition) is 8. The first-order valence-corrected chi connectivity index (χ1v) is 15.0. The molecular weight excluding hydrogens is 573 g/mol. The van der Waals surface area contributed by atoms with Gasteiger partial charge in [-0.3, -0.25) is 14.7 Å². The van der Waals surface area contributed by atoms with Gasteiger partial charge in [-0.2, -0.15) is 13.2 Å². The number of aliphatic hydroxyl groups excluding tert-OH is 1. The second kappa shape index (κ2) is 13.9. The zero-order valence-corrected chi connectivity index (χ0v) is 25.1. The van der Waals surface area contributed by atoms with Crippen molar-refractivity contribution in [3.8, 4) is 11.5 Å². The van der Waals surface area contributed by atoms with Gasteiger partial charge in [-0.25, -0.2) is 4.98 Å². The normalized spacial score (nSPS) is 17.8. The summed E-state index contributed by atoms with van der Waals surface area (Å²) in [4.78, 5) is 28.2. The molecule has 1 aromatic carbocycles. The van der Waals surface area contributed by atoms with E-state index in [-0.39, 0.29) is 43.5 Å². The number of amides is 1. The van der Waals surface area contributed by atoms with Crippen LogP contribution in [0.3, 0.4) is 0 Å². The van der Waals surface area contributed by atoms with E-state index in [2.05, 4.69) is 32.0 Å². The molecule has 1 unspecified atom stereocenters. The number of rotatable bonds is 10. The van der Waals surface area contributed by atoms with Gasteiger partial charge in [-0.05, 0) is 41.4 Å². The number of likely N-dealkylation sites (N-methyl/N-ethyl adjacent to an activating group) is 1. The topological polar surface area (TPSA) is 94.1 Å². The lowest BCUT2D eigenvalue weighted by Crippen LogP contribution is -2.45. The molecule has 0 radical (unpaired) electrons. The summed E-state index contributed by atoms with van der Waals surface area (Å²) in [6.07, 6.45) is -1.40. The van der Waals surface area contributed by atoms with Crippen LogP contribution in [0.15, 0.2) is 48.8 Å². The molecule has 0 bridgehead atoms. The fraction of sp³-hybridized carbons (Fsp3) is 0.469. The molecule has 9 nitrogen and oxygen atoms in total. The number of pyridine rings is 2. The molecule has 2 aliphatic heterocycles. The molecule has 1 amide bonds. The number of nitrogens with zero attached hydrogens (tertiary/aromatic N) is 5. The van der Waals surface area contributed by atoms with Gasteiger partial charge in [-0.1, -0.05) is 26.0 Å². The van der Waals surface area contributed by atoms with Crippen LogP contribution in [0.5, 0.6) is 11.5 Å². The van der Waals surface area contributed by atoms with Gasteiger partial charge in [0.05, 0.1) is 30.5 Å². The van der Waals surface area contributed by atoms with E-state index in [4.69, 9.17) is 9.84 Å². The average Bonchev–Trinajstić information content (AvgIpc) is 3.00. The van der Waals surface area contributed by atoms with Crippen molar-refractivity contribution in [1.82, 2.24) is 24.7 Å². The zero-order valence-electron chi connectivity index (χ0n) is 25.1. The number of carbonyl (C=O) groups excluding carboxylic acids is 1. The monoisotopic (exact) mass is 612 g/mol. The fourth-order valence-electron chi connectivity index (χ4n) is 5.82. The van der Waals surface area contributed by atoms with Crippen LogP contribution >= 0.6 is 0 Å². The summed E-state index contributed by atoms with van der Waals surface area (Å²) in [6.45, 7) is 9.43. The highest BCUT2D eigenvalue weighted by Gasteiger charge is 2.35. The molecule has 2 N–H and O–H groups in total. The molecule has 5 rings (SSSR count). The Balaban J connectivity index is 1.26. The average molecular weight is 613 g/mol. The molecule has 1 fully saturated rings. The molecule has 0 aliphatic carbocycles. The highest BCUT2D eigenvalue weighted by atomic mass is 19.4. The largest absolute Gasteiger partial charge is 0.456 e. The summed E-state index contributed by atoms with van der Waals surface area (Å²) >= 11 is 0. The lowest BCUT2D eigenvalue weighted by Gasteiger charge is -2.34. The molecule has 0 spiro atoms.